The third-order valence-electron chi connectivity index (χ3n) is 7.20. The summed E-state index contributed by atoms with van der Waals surface area (Å²) >= 11 is 0. The number of unbranched alkanes of at least 4 members (excludes halogenated alkanes) is 9. The number of hydrogen-bond acceptors (Lipinski definition) is 5. The summed E-state index contributed by atoms with van der Waals surface area (Å²) in [6.07, 6.45) is 18.2. The minimum atomic E-state index is -0.920. The maximum absolute atomic E-state index is 12.0. The standard InChI is InChI=1S/C32H51NO5/c1-24(2)16-14-12-10-8-6-5-7-9-11-13-15-17-29(34)33-23-22-27-18-20-28(21-19-27)38-32-25(3)30(35)31(36)26(4)37-32/h15,17-26,30-32,35-36H,5-14,16H2,1-4H3,(H,33,34)/b17-15-,23-22-/t25-,26+,30-,31+,32-/m1/s1. The second-order valence-electron chi connectivity index (χ2n) is 11.1. The van der Waals surface area contributed by atoms with Crippen LogP contribution in [-0.4, -0.2) is 40.7 Å². The predicted molar refractivity (Wildman–Crippen MR) is 155 cm³/mol. The van der Waals surface area contributed by atoms with E-state index in [-0.39, 0.29) is 11.8 Å². The van der Waals surface area contributed by atoms with Crippen LogP contribution >= 0.6 is 0 Å². The number of aliphatic hydroxyl groups is 2. The fourth-order valence-corrected chi connectivity index (χ4v) is 4.60. The predicted octanol–water partition coefficient (Wildman–Crippen LogP) is 6.76. The fraction of sp³-hybridized carbons (Fsp3) is 0.656. The van der Waals surface area contributed by atoms with Crippen LogP contribution in [0.4, 0.5) is 0 Å². The average molecular weight is 530 g/mol. The van der Waals surface area contributed by atoms with E-state index in [1.807, 2.05) is 36.4 Å². The highest BCUT2D eigenvalue weighted by atomic mass is 16.7. The van der Waals surface area contributed by atoms with Gasteiger partial charge in [-0.1, -0.05) is 96.8 Å². The van der Waals surface area contributed by atoms with Crippen molar-refractivity contribution in [3.05, 3.63) is 48.2 Å². The van der Waals surface area contributed by atoms with Crippen molar-refractivity contribution in [1.29, 1.82) is 0 Å². The first kappa shape index (κ1) is 32.1. The maximum Gasteiger partial charge on any atom is 0.247 e. The molecule has 2 rings (SSSR count). The molecule has 0 unspecified atom stereocenters. The van der Waals surface area contributed by atoms with E-state index in [4.69, 9.17) is 9.47 Å². The van der Waals surface area contributed by atoms with E-state index >= 15 is 0 Å². The van der Waals surface area contributed by atoms with Crippen LogP contribution in [0.3, 0.4) is 0 Å². The van der Waals surface area contributed by atoms with Gasteiger partial charge in [0.25, 0.3) is 0 Å². The number of hydrogen-bond donors (Lipinski definition) is 3. The van der Waals surface area contributed by atoms with Crippen LogP contribution in [0.25, 0.3) is 6.08 Å². The molecule has 3 N–H and O–H groups in total. The number of carbonyl (C=O) groups is 1. The number of aliphatic hydroxyl groups excluding tert-OH is 2. The number of allylic oxidation sites excluding steroid dienone is 1. The Bertz CT molecular complexity index is 835. The Kier molecular flexibility index (Phi) is 15.4. The molecule has 0 saturated carbocycles. The van der Waals surface area contributed by atoms with Gasteiger partial charge >= 0.3 is 0 Å². The summed E-state index contributed by atoms with van der Waals surface area (Å²) in [5, 5.41) is 22.9. The van der Waals surface area contributed by atoms with Gasteiger partial charge in [-0.15, -0.1) is 0 Å². The molecule has 1 saturated heterocycles. The average Bonchev–Trinajstić information content (AvgIpc) is 2.89. The summed E-state index contributed by atoms with van der Waals surface area (Å²) in [5.74, 6) is 0.960. The molecular formula is C32H51NO5. The highest BCUT2D eigenvalue weighted by molar-refractivity contribution is 5.88. The molecule has 1 heterocycles. The van der Waals surface area contributed by atoms with Crippen molar-refractivity contribution in [2.45, 2.75) is 123 Å². The van der Waals surface area contributed by atoms with Crippen molar-refractivity contribution >= 4 is 12.0 Å². The summed E-state index contributed by atoms with van der Waals surface area (Å²) in [6, 6.07) is 7.38. The lowest BCUT2D eigenvalue weighted by Crippen LogP contribution is -2.54. The Morgan fingerprint density at radius 2 is 1.55 bits per heavy atom. The second kappa shape index (κ2) is 18.2. The van der Waals surface area contributed by atoms with E-state index in [9.17, 15) is 15.0 Å². The first-order valence-corrected chi connectivity index (χ1v) is 14.7. The van der Waals surface area contributed by atoms with Gasteiger partial charge in [-0.25, -0.2) is 0 Å². The molecule has 1 fully saturated rings. The van der Waals surface area contributed by atoms with Gasteiger partial charge in [-0.2, -0.15) is 0 Å². The van der Waals surface area contributed by atoms with Gasteiger partial charge in [0.2, 0.25) is 12.2 Å². The van der Waals surface area contributed by atoms with Crippen molar-refractivity contribution in [3.8, 4) is 5.75 Å². The summed E-state index contributed by atoms with van der Waals surface area (Å²) in [5.41, 5.74) is 0.915. The third kappa shape index (κ3) is 12.6. The molecule has 0 aliphatic carbocycles. The van der Waals surface area contributed by atoms with Gasteiger partial charge in [-0.3, -0.25) is 4.79 Å². The SMILES string of the molecule is CC(C)CCCCCCCCCCC/C=C\C(=O)N/C=C\c1ccc(O[C@H]2O[C@@H](C)[C@H](O)[C@H](O)[C@H]2C)cc1. The maximum atomic E-state index is 12.0. The van der Waals surface area contributed by atoms with E-state index in [1.54, 1.807) is 26.1 Å². The van der Waals surface area contributed by atoms with E-state index in [0.717, 1.165) is 24.3 Å². The highest BCUT2D eigenvalue weighted by Gasteiger charge is 2.41. The summed E-state index contributed by atoms with van der Waals surface area (Å²) in [4.78, 5) is 12.0. The molecule has 6 heteroatoms. The molecule has 38 heavy (non-hydrogen) atoms. The second-order valence-corrected chi connectivity index (χ2v) is 11.1. The van der Waals surface area contributed by atoms with Crippen LogP contribution in [-0.2, 0) is 9.53 Å². The zero-order valence-electron chi connectivity index (χ0n) is 24.0. The van der Waals surface area contributed by atoms with Gasteiger partial charge in [-0.05, 0) is 55.5 Å². The van der Waals surface area contributed by atoms with Crippen LogP contribution in [0.1, 0.15) is 104 Å². The molecule has 0 aromatic heterocycles. The van der Waals surface area contributed by atoms with Crippen molar-refractivity contribution in [3.63, 3.8) is 0 Å². The van der Waals surface area contributed by atoms with Crippen LogP contribution in [0.2, 0.25) is 0 Å². The minimum absolute atomic E-state index is 0.128. The molecule has 1 amide bonds. The lowest BCUT2D eigenvalue weighted by molar-refractivity contribution is -0.245. The fourth-order valence-electron chi connectivity index (χ4n) is 4.60. The Labute approximate surface area is 230 Å². The smallest absolute Gasteiger partial charge is 0.247 e. The first-order valence-electron chi connectivity index (χ1n) is 14.7. The largest absolute Gasteiger partial charge is 0.465 e. The summed E-state index contributed by atoms with van der Waals surface area (Å²) in [6.45, 7) is 8.11. The van der Waals surface area contributed by atoms with Crippen molar-refractivity contribution in [1.82, 2.24) is 5.32 Å². The lowest BCUT2D eigenvalue weighted by Gasteiger charge is -2.39. The monoisotopic (exact) mass is 529 g/mol. The summed E-state index contributed by atoms with van der Waals surface area (Å²) in [7, 11) is 0. The molecule has 6 nitrogen and oxygen atoms in total. The van der Waals surface area contributed by atoms with Gasteiger partial charge < -0.3 is 25.0 Å². The zero-order valence-corrected chi connectivity index (χ0v) is 24.0. The highest BCUT2D eigenvalue weighted by Crippen LogP contribution is 2.28. The van der Waals surface area contributed by atoms with E-state index in [2.05, 4.69) is 19.2 Å². The van der Waals surface area contributed by atoms with Crippen LogP contribution in [0, 0.1) is 11.8 Å². The number of nitrogens with one attached hydrogen (secondary N) is 1. The Hall–Kier alpha value is -2.15. The quantitative estimate of drug-likeness (QED) is 0.153. The molecule has 1 aliphatic rings. The van der Waals surface area contributed by atoms with Crippen molar-refractivity contribution in [2.75, 3.05) is 0 Å². The molecule has 1 aliphatic heterocycles. The van der Waals surface area contributed by atoms with Gasteiger partial charge in [0.05, 0.1) is 12.2 Å². The molecule has 5 atom stereocenters. The first-order chi connectivity index (χ1) is 18.3. The number of amides is 1. The number of carbonyl (C=O) groups excluding carboxylic acids is 1. The molecular weight excluding hydrogens is 478 g/mol. The van der Waals surface area contributed by atoms with Crippen molar-refractivity contribution in [2.24, 2.45) is 11.8 Å². The van der Waals surface area contributed by atoms with Gasteiger partial charge in [0.1, 0.15) is 11.9 Å². The molecule has 0 spiro atoms. The van der Waals surface area contributed by atoms with E-state index in [0.29, 0.717) is 5.75 Å². The van der Waals surface area contributed by atoms with Gasteiger partial charge in [0.15, 0.2) is 0 Å². The third-order valence-corrected chi connectivity index (χ3v) is 7.20. The molecule has 0 bridgehead atoms. The zero-order chi connectivity index (χ0) is 27.8. The van der Waals surface area contributed by atoms with Gasteiger partial charge in [0, 0.05) is 12.1 Å². The van der Waals surface area contributed by atoms with E-state index in [1.165, 1.54) is 57.8 Å². The van der Waals surface area contributed by atoms with Crippen LogP contribution in [0.15, 0.2) is 42.6 Å². The minimum Gasteiger partial charge on any atom is -0.465 e. The Morgan fingerprint density at radius 3 is 2.18 bits per heavy atom. The Morgan fingerprint density at radius 1 is 0.947 bits per heavy atom. The Balaban J connectivity index is 1.54. The molecule has 214 valence electrons. The lowest BCUT2D eigenvalue weighted by atomic mass is 9.93. The van der Waals surface area contributed by atoms with Crippen LogP contribution in [0.5, 0.6) is 5.75 Å². The molecule has 1 aromatic carbocycles. The summed E-state index contributed by atoms with van der Waals surface area (Å²) < 4.78 is 11.6. The number of benzene rings is 1. The van der Waals surface area contributed by atoms with Crippen molar-refractivity contribution < 1.29 is 24.5 Å². The topological polar surface area (TPSA) is 88.0 Å². The molecule has 1 aromatic rings. The normalized spacial score (nSPS) is 23.9. The molecule has 0 radical (unpaired) electrons. The number of rotatable bonds is 17. The number of ether oxygens (including phenoxy) is 2. The van der Waals surface area contributed by atoms with E-state index < -0.39 is 24.6 Å². The van der Waals surface area contributed by atoms with Crippen LogP contribution < -0.4 is 10.1 Å².